The van der Waals surface area contributed by atoms with Gasteiger partial charge < -0.3 is 10.8 Å². The highest BCUT2D eigenvalue weighted by Crippen LogP contribution is 2.16. The molecule has 0 aliphatic heterocycles. The number of rotatable bonds is 3. The first-order valence-electron chi connectivity index (χ1n) is 2.35. The fraction of sp³-hybridized carbons (Fsp3) is 0.750. The predicted molar refractivity (Wildman–Crippen MR) is 25.9 cm³/mol. The highest BCUT2D eigenvalue weighted by Gasteiger charge is 2.36. The summed E-state index contributed by atoms with van der Waals surface area (Å²) in [6.07, 6.45) is -4.68. The van der Waals surface area contributed by atoms with Gasteiger partial charge in [0.1, 0.15) is 0 Å². The molecule has 60 valence electrons. The molecule has 0 spiro atoms. The normalized spacial score (nSPS) is 16.9. The van der Waals surface area contributed by atoms with E-state index in [2.05, 4.69) is 5.73 Å². The molecule has 0 aliphatic carbocycles. The quantitative estimate of drug-likeness (QED) is 0.595. The fourth-order valence-electron chi connectivity index (χ4n) is 0.305. The van der Waals surface area contributed by atoms with Crippen LogP contribution in [-0.2, 0) is 4.79 Å². The van der Waals surface area contributed by atoms with Gasteiger partial charge in [-0.3, -0.25) is 4.79 Å². The van der Waals surface area contributed by atoms with Crippen molar-refractivity contribution in [3.63, 3.8) is 0 Å². The van der Waals surface area contributed by atoms with Gasteiger partial charge in [-0.05, 0) is 0 Å². The predicted octanol–water partition coefficient (Wildman–Crippen LogP) is -0.215. The molecule has 0 heterocycles. The van der Waals surface area contributed by atoms with Crippen LogP contribution in [0.3, 0.4) is 0 Å². The lowest BCUT2D eigenvalue weighted by atomic mass is 10.2. The first kappa shape index (κ1) is 9.22. The maximum atomic E-state index is 12.1. The van der Waals surface area contributed by atoms with Crippen LogP contribution in [0.5, 0.6) is 0 Å². The highest BCUT2D eigenvalue weighted by atomic mass is 19.3. The summed E-state index contributed by atoms with van der Waals surface area (Å²) in [4.78, 5) is 9.82. The molecule has 0 aromatic rings. The molecule has 0 aromatic carbocycles. The Morgan fingerprint density at radius 1 is 1.70 bits per heavy atom. The molecule has 6 heteroatoms. The SMILES string of the molecule is NC(=O)C(O)(F)CC(F)F. The molecule has 1 amide bonds. The van der Waals surface area contributed by atoms with Crippen LogP contribution in [-0.4, -0.2) is 23.3 Å². The zero-order chi connectivity index (χ0) is 8.36. The van der Waals surface area contributed by atoms with Crippen molar-refractivity contribution >= 4 is 5.91 Å². The van der Waals surface area contributed by atoms with Gasteiger partial charge in [-0.25, -0.2) is 13.2 Å². The molecule has 10 heavy (non-hydrogen) atoms. The lowest BCUT2D eigenvalue weighted by molar-refractivity contribution is -0.165. The second-order valence-corrected chi connectivity index (χ2v) is 1.72. The zero-order valence-electron chi connectivity index (χ0n) is 4.85. The van der Waals surface area contributed by atoms with Crippen LogP contribution in [0.1, 0.15) is 6.42 Å². The molecule has 3 nitrogen and oxygen atoms in total. The van der Waals surface area contributed by atoms with Crippen molar-refractivity contribution < 1.29 is 23.1 Å². The van der Waals surface area contributed by atoms with Crippen LogP contribution >= 0.6 is 0 Å². The first-order valence-corrected chi connectivity index (χ1v) is 2.35. The van der Waals surface area contributed by atoms with Gasteiger partial charge in [-0.1, -0.05) is 0 Å². The van der Waals surface area contributed by atoms with Crippen molar-refractivity contribution in [1.82, 2.24) is 0 Å². The summed E-state index contributed by atoms with van der Waals surface area (Å²) in [5.74, 6) is -5.39. The van der Waals surface area contributed by atoms with E-state index in [0.717, 1.165) is 0 Å². The molecule has 0 bridgehead atoms. The molecule has 1 unspecified atom stereocenters. The number of amides is 1. The van der Waals surface area contributed by atoms with Gasteiger partial charge in [0.15, 0.2) is 0 Å². The van der Waals surface area contributed by atoms with Crippen LogP contribution in [0.4, 0.5) is 13.2 Å². The molecule has 0 aliphatic rings. The van der Waals surface area contributed by atoms with Gasteiger partial charge in [0, 0.05) is 0 Å². The van der Waals surface area contributed by atoms with Crippen molar-refractivity contribution in [3.8, 4) is 0 Å². The third-order valence-electron chi connectivity index (χ3n) is 0.802. The lowest BCUT2D eigenvalue weighted by Crippen LogP contribution is -2.41. The lowest BCUT2D eigenvalue weighted by Gasteiger charge is -2.12. The Labute approximate surface area is 54.6 Å². The Kier molecular flexibility index (Phi) is 2.65. The van der Waals surface area contributed by atoms with E-state index in [4.69, 9.17) is 5.11 Å². The second-order valence-electron chi connectivity index (χ2n) is 1.72. The van der Waals surface area contributed by atoms with Gasteiger partial charge in [0.05, 0.1) is 6.42 Å². The summed E-state index contributed by atoms with van der Waals surface area (Å²) in [5, 5.41) is 8.14. The number of hydrogen-bond acceptors (Lipinski definition) is 2. The maximum Gasteiger partial charge on any atom is 0.291 e. The Morgan fingerprint density at radius 3 is 2.20 bits per heavy atom. The number of primary amides is 1. The van der Waals surface area contributed by atoms with Crippen molar-refractivity contribution in [3.05, 3.63) is 0 Å². The van der Waals surface area contributed by atoms with E-state index in [1.54, 1.807) is 0 Å². The average molecular weight is 157 g/mol. The molecule has 1 atom stereocenters. The molecular weight excluding hydrogens is 151 g/mol. The average Bonchev–Trinajstić information content (AvgIpc) is 1.60. The molecular formula is C4H6F3NO2. The number of carbonyl (C=O) groups is 1. The minimum absolute atomic E-state index is 1.58. The fourth-order valence-corrected chi connectivity index (χ4v) is 0.305. The van der Waals surface area contributed by atoms with E-state index in [1.165, 1.54) is 0 Å². The first-order chi connectivity index (χ1) is 4.36. The minimum Gasteiger partial charge on any atom is -0.365 e. The zero-order valence-corrected chi connectivity index (χ0v) is 4.85. The molecule has 3 N–H and O–H groups in total. The van der Waals surface area contributed by atoms with Crippen molar-refractivity contribution in [2.45, 2.75) is 18.7 Å². The Balaban J connectivity index is 4.00. The molecule has 0 aromatic heterocycles. The van der Waals surface area contributed by atoms with Gasteiger partial charge >= 0.3 is 0 Å². The molecule has 0 radical (unpaired) electrons. The van der Waals surface area contributed by atoms with Gasteiger partial charge in [0.25, 0.3) is 11.8 Å². The van der Waals surface area contributed by atoms with E-state index in [1.807, 2.05) is 0 Å². The van der Waals surface area contributed by atoms with Gasteiger partial charge in [-0.2, -0.15) is 0 Å². The van der Waals surface area contributed by atoms with Crippen LogP contribution in [0.2, 0.25) is 0 Å². The highest BCUT2D eigenvalue weighted by molar-refractivity contribution is 5.81. The van der Waals surface area contributed by atoms with E-state index >= 15 is 0 Å². The smallest absolute Gasteiger partial charge is 0.291 e. The number of alkyl halides is 3. The molecule has 0 rings (SSSR count). The largest absolute Gasteiger partial charge is 0.365 e. The number of hydrogen-bond donors (Lipinski definition) is 2. The standard InChI is InChI=1S/C4H6F3NO2/c5-2(6)1-4(7,10)3(8)9/h2,10H,1H2,(H2,8,9). The number of aliphatic hydroxyl groups is 1. The summed E-state index contributed by atoms with van der Waals surface area (Å²) in [6.45, 7) is 0. The van der Waals surface area contributed by atoms with Crippen LogP contribution in [0.15, 0.2) is 0 Å². The van der Waals surface area contributed by atoms with Crippen LogP contribution in [0.25, 0.3) is 0 Å². The summed E-state index contributed by atoms with van der Waals surface area (Å²) in [7, 11) is 0. The summed E-state index contributed by atoms with van der Waals surface area (Å²) < 4.78 is 34.6. The number of carbonyl (C=O) groups excluding carboxylic acids is 1. The maximum absolute atomic E-state index is 12.1. The second kappa shape index (κ2) is 2.87. The monoisotopic (exact) mass is 157 g/mol. The van der Waals surface area contributed by atoms with Gasteiger partial charge in [0.2, 0.25) is 6.43 Å². The van der Waals surface area contributed by atoms with Crippen molar-refractivity contribution in [2.75, 3.05) is 0 Å². The van der Waals surface area contributed by atoms with Crippen molar-refractivity contribution in [1.29, 1.82) is 0 Å². The number of nitrogens with two attached hydrogens (primary N) is 1. The Morgan fingerprint density at radius 2 is 2.10 bits per heavy atom. The summed E-state index contributed by atoms with van der Waals surface area (Å²) >= 11 is 0. The summed E-state index contributed by atoms with van der Waals surface area (Å²) in [6, 6.07) is 0. The Bertz CT molecular complexity index is 136. The molecule has 0 saturated heterocycles. The van der Waals surface area contributed by atoms with E-state index in [0.29, 0.717) is 0 Å². The molecule has 0 fully saturated rings. The van der Waals surface area contributed by atoms with E-state index in [9.17, 15) is 18.0 Å². The Hall–Kier alpha value is -0.780. The molecule has 0 saturated carbocycles. The van der Waals surface area contributed by atoms with Gasteiger partial charge in [-0.15, -0.1) is 0 Å². The van der Waals surface area contributed by atoms with Crippen LogP contribution < -0.4 is 5.73 Å². The number of halogens is 3. The third kappa shape index (κ3) is 2.67. The summed E-state index contributed by atoms with van der Waals surface area (Å²) in [5.41, 5.74) is 4.22. The van der Waals surface area contributed by atoms with Crippen molar-refractivity contribution in [2.24, 2.45) is 5.73 Å². The minimum atomic E-state index is -3.59. The topological polar surface area (TPSA) is 63.3 Å². The van der Waals surface area contributed by atoms with Crippen LogP contribution in [0, 0.1) is 0 Å². The van der Waals surface area contributed by atoms with E-state index in [-0.39, 0.29) is 0 Å². The van der Waals surface area contributed by atoms with E-state index < -0.39 is 24.6 Å². The third-order valence-corrected chi connectivity index (χ3v) is 0.802.